The van der Waals surface area contributed by atoms with E-state index in [1.54, 1.807) is 41.8 Å². The molecule has 1 heterocycles. The molecule has 1 N–H and O–H groups in total. The molecule has 0 aliphatic rings. The number of nitrogens with zero attached hydrogens (tertiary/aromatic N) is 2. The van der Waals surface area contributed by atoms with Crippen molar-refractivity contribution in [2.24, 2.45) is 0 Å². The van der Waals surface area contributed by atoms with Crippen molar-refractivity contribution in [3.05, 3.63) is 69.6 Å². The van der Waals surface area contributed by atoms with Gasteiger partial charge in [-0.2, -0.15) is 0 Å². The first-order valence-corrected chi connectivity index (χ1v) is 9.40. The lowest BCUT2D eigenvalue weighted by atomic mass is 10.2. The van der Waals surface area contributed by atoms with Gasteiger partial charge in [-0.05, 0) is 58.0 Å². The van der Waals surface area contributed by atoms with Crippen LogP contribution < -0.4 is 10.9 Å². The summed E-state index contributed by atoms with van der Waals surface area (Å²) < 4.78 is 6.91. The maximum Gasteiger partial charge on any atom is 0.338 e. The highest BCUT2D eigenvalue weighted by Gasteiger charge is 2.20. The third kappa shape index (κ3) is 4.34. The Morgan fingerprint density at radius 2 is 1.83 bits per heavy atom. The average molecular weight is 393 g/mol. The molecule has 1 atom stereocenters. The zero-order chi connectivity index (χ0) is 21.1. The summed E-state index contributed by atoms with van der Waals surface area (Å²) in [5, 5.41) is 2.72. The number of aryl methyl sites for hydroxylation is 3. The number of amides is 1. The van der Waals surface area contributed by atoms with Crippen LogP contribution in [0.1, 0.15) is 35.5 Å². The van der Waals surface area contributed by atoms with E-state index in [4.69, 9.17) is 4.74 Å². The predicted octanol–water partition coefficient (Wildman–Crippen LogP) is 3.22. The normalized spacial score (nSPS) is 11.9. The molecule has 3 rings (SSSR count). The van der Waals surface area contributed by atoms with Crippen molar-refractivity contribution in [3.63, 3.8) is 0 Å². The van der Waals surface area contributed by atoms with Crippen LogP contribution in [-0.2, 0) is 16.1 Å². The number of rotatable bonds is 5. The van der Waals surface area contributed by atoms with E-state index in [-0.39, 0.29) is 11.1 Å². The van der Waals surface area contributed by atoms with E-state index in [0.29, 0.717) is 29.0 Å². The number of hydrogen-bond donors (Lipinski definition) is 1. The van der Waals surface area contributed by atoms with Crippen molar-refractivity contribution in [2.45, 2.75) is 40.3 Å². The standard InChI is InChI=1S/C22H23N3O4/c1-5-25-19-11-8-16(12-18(19)23-14(3)21(25)27)22(28)29-15(4)20(26)24-17-9-6-13(2)7-10-17/h6-12,15H,5H2,1-4H3,(H,24,26)/t15-/m0/s1. The summed E-state index contributed by atoms with van der Waals surface area (Å²) in [5.74, 6) is -1.05. The van der Waals surface area contributed by atoms with Gasteiger partial charge in [0.1, 0.15) is 5.69 Å². The van der Waals surface area contributed by atoms with Gasteiger partial charge in [-0.3, -0.25) is 9.59 Å². The van der Waals surface area contributed by atoms with Crippen LogP contribution in [0.3, 0.4) is 0 Å². The van der Waals surface area contributed by atoms with E-state index < -0.39 is 18.0 Å². The highest BCUT2D eigenvalue weighted by molar-refractivity contribution is 5.98. The Hall–Kier alpha value is -3.48. The van der Waals surface area contributed by atoms with Crippen molar-refractivity contribution >= 4 is 28.6 Å². The van der Waals surface area contributed by atoms with Crippen LogP contribution in [0.15, 0.2) is 47.3 Å². The van der Waals surface area contributed by atoms with E-state index in [0.717, 1.165) is 5.56 Å². The molecule has 3 aromatic rings. The average Bonchev–Trinajstić information content (AvgIpc) is 2.70. The van der Waals surface area contributed by atoms with Gasteiger partial charge in [0.05, 0.1) is 16.6 Å². The fraction of sp³-hybridized carbons (Fsp3) is 0.273. The van der Waals surface area contributed by atoms with Crippen LogP contribution in [-0.4, -0.2) is 27.5 Å². The summed E-state index contributed by atoms with van der Waals surface area (Å²) in [7, 11) is 0. The molecule has 0 radical (unpaired) electrons. The lowest BCUT2D eigenvalue weighted by Crippen LogP contribution is -2.30. The van der Waals surface area contributed by atoms with Crippen LogP contribution in [0.5, 0.6) is 0 Å². The lowest BCUT2D eigenvalue weighted by Gasteiger charge is -2.14. The summed E-state index contributed by atoms with van der Waals surface area (Å²) in [6, 6.07) is 12.1. The molecule has 1 aromatic heterocycles. The van der Waals surface area contributed by atoms with Gasteiger partial charge in [0.25, 0.3) is 11.5 Å². The second-order valence-electron chi connectivity index (χ2n) is 6.85. The summed E-state index contributed by atoms with van der Waals surface area (Å²) >= 11 is 0. The van der Waals surface area contributed by atoms with Crippen molar-refractivity contribution in [2.75, 3.05) is 5.32 Å². The first-order chi connectivity index (χ1) is 13.8. The smallest absolute Gasteiger partial charge is 0.338 e. The molecule has 2 aromatic carbocycles. The maximum atomic E-state index is 12.5. The molecule has 0 saturated carbocycles. The van der Waals surface area contributed by atoms with Crippen LogP contribution in [0.25, 0.3) is 11.0 Å². The van der Waals surface area contributed by atoms with E-state index in [1.807, 2.05) is 26.0 Å². The van der Waals surface area contributed by atoms with Crippen molar-refractivity contribution in [3.8, 4) is 0 Å². The van der Waals surface area contributed by atoms with Crippen molar-refractivity contribution in [1.29, 1.82) is 0 Å². The Bertz CT molecular complexity index is 1130. The Morgan fingerprint density at radius 1 is 1.14 bits per heavy atom. The quantitative estimate of drug-likeness (QED) is 0.672. The van der Waals surface area contributed by atoms with E-state index in [1.165, 1.54) is 6.92 Å². The van der Waals surface area contributed by atoms with Gasteiger partial charge in [-0.25, -0.2) is 9.78 Å². The van der Waals surface area contributed by atoms with Crippen LogP contribution in [0, 0.1) is 13.8 Å². The van der Waals surface area contributed by atoms with Gasteiger partial charge < -0.3 is 14.6 Å². The number of esters is 1. The number of carbonyl (C=O) groups excluding carboxylic acids is 2. The molecule has 0 unspecified atom stereocenters. The van der Waals surface area contributed by atoms with Crippen LogP contribution >= 0.6 is 0 Å². The summed E-state index contributed by atoms with van der Waals surface area (Å²) in [5.41, 5.74) is 3.34. The number of benzene rings is 2. The molecule has 0 saturated heterocycles. The number of aromatic nitrogens is 2. The zero-order valence-corrected chi connectivity index (χ0v) is 16.9. The first kappa shape index (κ1) is 20.3. The second kappa shape index (κ2) is 8.26. The fourth-order valence-corrected chi connectivity index (χ4v) is 2.98. The molecule has 29 heavy (non-hydrogen) atoms. The molecule has 0 bridgehead atoms. The van der Waals surface area contributed by atoms with Gasteiger partial charge in [0, 0.05) is 12.2 Å². The summed E-state index contributed by atoms with van der Waals surface area (Å²) in [6.45, 7) is 7.47. The molecule has 0 spiro atoms. The number of ether oxygens (including phenoxy) is 1. The lowest BCUT2D eigenvalue weighted by molar-refractivity contribution is -0.123. The van der Waals surface area contributed by atoms with E-state index >= 15 is 0 Å². The molecular weight excluding hydrogens is 370 g/mol. The van der Waals surface area contributed by atoms with E-state index in [9.17, 15) is 14.4 Å². The SMILES string of the molecule is CCn1c(=O)c(C)nc2cc(C(=O)O[C@@H](C)C(=O)Nc3ccc(C)cc3)ccc21. The Morgan fingerprint density at radius 3 is 2.48 bits per heavy atom. The van der Waals surface area contributed by atoms with Gasteiger partial charge in [-0.1, -0.05) is 17.7 Å². The van der Waals surface area contributed by atoms with Crippen LogP contribution in [0.4, 0.5) is 5.69 Å². The van der Waals surface area contributed by atoms with Gasteiger partial charge in [0.15, 0.2) is 6.10 Å². The van der Waals surface area contributed by atoms with Crippen LogP contribution in [0.2, 0.25) is 0 Å². The number of hydrogen-bond acceptors (Lipinski definition) is 5. The minimum Gasteiger partial charge on any atom is -0.449 e. The Balaban J connectivity index is 1.76. The second-order valence-corrected chi connectivity index (χ2v) is 6.85. The molecule has 0 fully saturated rings. The van der Waals surface area contributed by atoms with E-state index in [2.05, 4.69) is 10.3 Å². The number of anilines is 1. The molecular formula is C22H23N3O4. The maximum absolute atomic E-state index is 12.5. The molecule has 7 nitrogen and oxygen atoms in total. The number of nitrogens with one attached hydrogen (secondary N) is 1. The highest BCUT2D eigenvalue weighted by Crippen LogP contribution is 2.16. The topological polar surface area (TPSA) is 90.3 Å². The number of carbonyl (C=O) groups is 2. The first-order valence-electron chi connectivity index (χ1n) is 9.40. The largest absolute Gasteiger partial charge is 0.449 e. The van der Waals surface area contributed by atoms with Gasteiger partial charge in [-0.15, -0.1) is 0 Å². The summed E-state index contributed by atoms with van der Waals surface area (Å²) in [4.78, 5) is 41.3. The minimum atomic E-state index is -0.973. The third-order valence-corrected chi connectivity index (χ3v) is 4.63. The minimum absolute atomic E-state index is 0.156. The number of fused-ring (bicyclic) bond motifs is 1. The fourth-order valence-electron chi connectivity index (χ4n) is 2.98. The van der Waals surface area contributed by atoms with Gasteiger partial charge in [0.2, 0.25) is 0 Å². The van der Waals surface area contributed by atoms with Crippen molar-refractivity contribution < 1.29 is 14.3 Å². The predicted molar refractivity (Wildman–Crippen MR) is 111 cm³/mol. The van der Waals surface area contributed by atoms with Crippen molar-refractivity contribution in [1.82, 2.24) is 9.55 Å². The summed E-state index contributed by atoms with van der Waals surface area (Å²) in [6.07, 6.45) is -0.973. The third-order valence-electron chi connectivity index (χ3n) is 4.63. The molecule has 7 heteroatoms. The zero-order valence-electron chi connectivity index (χ0n) is 16.9. The molecule has 150 valence electrons. The van der Waals surface area contributed by atoms with Gasteiger partial charge >= 0.3 is 5.97 Å². The highest BCUT2D eigenvalue weighted by atomic mass is 16.5. The molecule has 1 amide bonds. The molecule has 0 aliphatic heterocycles. The monoisotopic (exact) mass is 393 g/mol. The Labute approximate surface area is 168 Å². The molecule has 0 aliphatic carbocycles. The Kier molecular flexibility index (Phi) is 5.77.